The molecule has 2 fully saturated rings. The molecule has 2 aromatic rings. The van der Waals surface area contributed by atoms with Gasteiger partial charge in [0.2, 0.25) is 0 Å². The second kappa shape index (κ2) is 4.63. The summed E-state index contributed by atoms with van der Waals surface area (Å²) >= 11 is 0. The highest BCUT2D eigenvalue weighted by atomic mass is 16.1. The van der Waals surface area contributed by atoms with Crippen LogP contribution in [0.15, 0.2) is 36.7 Å². The van der Waals surface area contributed by atoms with Gasteiger partial charge in [-0.05, 0) is 49.6 Å². The SMILES string of the molecule is O=C(N[C@@H]1C[C@@H]2CCN(C2)C1)c1ccc2cccn2c1. The van der Waals surface area contributed by atoms with E-state index in [-0.39, 0.29) is 5.91 Å². The van der Waals surface area contributed by atoms with Gasteiger partial charge in [0.15, 0.2) is 0 Å². The van der Waals surface area contributed by atoms with Crippen molar-refractivity contribution in [3.8, 4) is 0 Å². The number of fused-ring (bicyclic) bond motifs is 3. The Bertz CT molecular complexity index is 636. The molecule has 0 saturated carbocycles. The van der Waals surface area contributed by atoms with Crippen LogP contribution in [0, 0.1) is 5.92 Å². The molecule has 2 aliphatic rings. The smallest absolute Gasteiger partial charge is 0.253 e. The maximum Gasteiger partial charge on any atom is 0.253 e. The van der Waals surface area contributed by atoms with E-state index in [9.17, 15) is 4.79 Å². The van der Waals surface area contributed by atoms with Crippen LogP contribution in [0.4, 0.5) is 0 Å². The van der Waals surface area contributed by atoms with Gasteiger partial charge in [0, 0.05) is 37.0 Å². The molecule has 4 heteroatoms. The molecule has 0 spiro atoms. The monoisotopic (exact) mass is 269 g/mol. The summed E-state index contributed by atoms with van der Waals surface area (Å²) in [4.78, 5) is 14.8. The van der Waals surface area contributed by atoms with E-state index in [1.54, 1.807) is 0 Å². The molecule has 2 saturated heterocycles. The minimum Gasteiger partial charge on any atom is -0.348 e. The van der Waals surface area contributed by atoms with Gasteiger partial charge in [0.1, 0.15) is 0 Å². The van der Waals surface area contributed by atoms with Gasteiger partial charge in [-0.25, -0.2) is 0 Å². The number of piperidine rings is 1. The molecule has 4 rings (SSSR count). The topological polar surface area (TPSA) is 36.8 Å². The first-order valence-electron chi connectivity index (χ1n) is 7.38. The first-order chi connectivity index (χ1) is 9.78. The number of pyridine rings is 1. The zero-order valence-electron chi connectivity index (χ0n) is 11.5. The van der Waals surface area contributed by atoms with E-state index >= 15 is 0 Å². The van der Waals surface area contributed by atoms with Crippen molar-refractivity contribution in [1.82, 2.24) is 14.6 Å². The third-order valence-corrected chi connectivity index (χ3v) is 4.59. The van der Waals surface area contributed by atoms with Gasteiger partial charge in [0.05, 0.1) is 5.56 Å². The Morgan fingerprint density at radius 2 is 2.20 bits per heavy atom. The predicted molar refractivity (Wildman–Crippen MR) is 77.8 cm³/mol. The number of carbonyl (C=O) groups is 1. The van der Waals surface area contributed by atoms with E-state index in [1.165, 1.54) is 19.5 Å². The van der Waals surface area contributed by atoms with Crippen LogP contribution in [0.3, 0.4) is 0 Å². The third kappa shape index (κ3) is 2.10. The van der Waals surface area contributed by atoms with E-state index < -0.39 is 0 Å². The number of aromatic nitrogens is 1. The fraction of sp³-hybridized carbons (Fsp3) is 0.438. The molecule has 1 unspecified atom stereocenters. The van der Waals surface area contributed by atoms with Crippen molar-refractivity contribution in [3.05, 3.63) is 42.2 Å². The molecule has 20 heavy (non-hydrogen) atoms. The molecular formula is C16H19N3O. The van der Waals surface area contributed by atoms with Gasteiger partial charge in [-0.3, -0.25) is 4.79 Å². The normalized spacial score (nSPS) is 28.7. The summed E-state index contributed by atoms with van der Waals surface area (Å²) in [6.07, 6.45) is 6.30. The highest BCUT2D eigenvalue weighted by molar-refractivity contribution is 5.94. The molecule has 2 aromatic heterocycles. The van der Waals surface area contributed by atoms with E-state index in [2.05, 4.69) is 10.2 Å². The van der Waals surface area contributed by atoms with Gasteiger partial charge in [-0.1, -0.05) is 0 Å². The summed E-state index contributed by atoms with van der Waals surface area (Å²) in [5, 5.41) is 3.20. The summed E-state index contributed by atoms with van der Waals surface area (Å²) in [5.74, 6) is 0.828. The molecule has 2 bridgehead atoms. The van der Waals surface area contributed by atoms with Gasteiger partial charge < -0.3 is 14.6 Å². The number of rotatable bonds is 2. The molecular weight excluding hydrogens is 250 g/mol. The maximum atomic E-state index is 12.4. The molecule has 104 valence electrons. The Labute approximate surface area is 118 Å². The van der Waals surface area contributed by atoms with Crippen molar-refractivity contribution in [2.45, 2.75) is 18.9 Å². The largest absolute Gasteiger partial charge is 0.348 e. The number of nitrogens with zero attached hydrogens (tertiary/aromatic N) is 2. The molecule has 1 amide bonds. The molecule has 4 heterocycles. The maximum absolute atomic E-state index is 12.4. The molecule has 2 aliphatic heterocycles. The van der Waals surface area contributed by atoms with Gasteiger partial charge in [0.25, 0.3) is 5.91 Å². The number of amides is 1. The van der Waals surface area contributed by atoms with Crippen molar-refractivity contribution >= 4 is 11.4 Å². The number of carbonyl (C=O) groups excluding carboxylic acids is 1. The number of nitrogens with one attached hydrogen (secondary N) is 1. The predicted octanol–water partition coefficient (Wildman–Crippen LogP) is 1.76. The standard InChI is InChI=1S/C16H19N3O/c20-16(13-3-4-15-2-1-6-19(15)10-13)17-14-8-12-5-7-18(9-12)11-14/h1-4,6,10,12,14H,5,7-9,11H2,(H,17,20)/t12-,14+/m0/s1. The Hall–Kier alpha value is -1.81. The van der Waals surface area contributed by atoms with Crippen LogP contribution in [0.5, 0.6) is 0 Å². The zero-order valence-corrected chi connectivity index (χ0v) is 11.5. The fourth-order valence-corrected chi connectivity index (χ4v) is 3.60. The number of hydrogen-bond acceptors (Lipinski definition) is 2. The molecule has 4 nitrogen and oxygen atoms in total. The Morgan fingerprint density at radius 1 is 1.25 bits per heavy atom. The van der Waals surface area contributed by atoms with Crippen LogP contribution in [0.2, 0.25) is 0 Å². The van der Waals surface area contributed by atoms with E-state index in [0.717, 1.165) is 30.0 Å². The number of hydrogen-bond donors (Lipinski definition) is 1. The molecule has 0 radical (unpaired) electrons. The first kappa shape index (κ1) is 12.0. The summed E-state index contributed by atoms with van der Waals surface area (Å²) in [7, 11) is 0. The van der Waals surface area contributed by atoms with Crippen LogP contribution >= 0.6 is 0 Å². The summed E-state index contributed by atoms with van der Waals surface area (Å²) < 4.78 is 1.99. The average molecular weight is 269 g/mol. The average Bonchev–Trinajstić information content (AvgIpc) is 3.04. The second-order valence-electron chi connectivity index (χ2n) is 6.08. The molecule has 3 atom stereocenters. The highest BCUT2D eigenvalue weighted by Crippen LogP contribution is 2.26. The Kier molecular flexibility index (Phi) is 2.77. The van der Waals surface area contributed by atoms with Crippen LogP contribution in [-0.2, 0) is 0 Å². The lowest BCUT2D eigenvalue weighted by atomic mass is 9.96. The van der Waals surface area contributed by atoms with Crippen LogP contribution < -0.4 is 5.32 Å². The lowest BCUT2D eigenvalue weighted by Crippen LogP contribution is -2.47. The zero-order chi connectivity index (χ0) is 13.5. The highest BCUT2D eigenvalue weighted by Gasteiger charge is 2.32. The van der Waals surface area contributed by atoms with Crippen molar-refractivity contribution in [2.24, 2.45) is 5.92 Å². The first-order valence-corrected chi connectivity index (χ1v) is 7.38. The van der Waals surface area contributed by atoms with Crippen molar-refractivity contribution < 1.29 is 4.79 Å². The van der Waals surface area contributed by atoms with Crippen LogP contribution in [0.25, 0.3) is 5.52 Å². The molecule has 0 aliphatic carbocycles. The minimum atomic E-state index is 0.0492. The molecule has 0 aromatic carbocycles. The van der Waals surface area contributed by atoms with Gasteiger partial charge >= 0.3 is 0 Å². The van der Waals surface area contributed by atoms with Crippen LogP contribution in [0.1, 0.15) is 23.2 Å². The summed E-state index contributed by atoms with van der Waals surface area (Å²) in [5.41, 5.74) is 1.85. The Balaban J connectivity index is 1.49. The van der Waals surface area contributed by atoms with Crippen molar-refractivity contribution in [3.63, 3.8) is 0 Å². The minimum absolute atomic E-state index is 0.0492. The lowest BCUT2D eigenvalue weighted by Gasteiger charge is -2.30. The third-order valence-electron chi connectivity index (χ3n) is 4.59. The second-order valence-corrected chi connectivity index (χ2v) is 6.08. The van der Waals surface area contributed by atoms with E-state index in [0.29, 0.717) is 6.04 Å². The fourth-order valence-electron chi connectivity index (χ4n) is 3.60. The Morgan fingerprint density at radius 3 is 3.10 bits per heavy atom. The molecule has 1 N–H and O–H groups in total. The lowest BCUT2D eigenvalue weighted by molar-refractivity contribution is 0.0909. The van der Waals surface area contributed by atoms with Crippen LogP contribution in [-0.4, -0.2) is 40.9 Å². The van der Waals surface area contributed by atoms with E-state index in [1.807, 2.05) is 41.1 Å². The van der Waals surface area contributed by atoms with Crippen molar-refractivity contribution in [1.29, 1.82) is 0 Å². The van der Waals surface area contributed by atoms with E-state index in [4.69, 9.17) is 0 Å². The summed E-state index contributed by atoms with van der Waals surface area (Å²) in [6.45, 7) is 3.43. The van der Waals surface area contributed by atoms with Gasteiger partial charge in [-0.15, -0.1) is 0 Å². The van der Waals surface area contributed by atoms with Crippen molar-refractivity contribution in [2.75, 3.05) is 19.6 Å². The van der Waals surface area contributed by atoms with Gasteiger partial charge in [-0.2, -0.15) is 0 Å². The quantitative estimate of drug-likeness (QED) is 0.902. The summed E-state index contributed by atoms with van der Waals surface area (Å²) in [6, 6.07) is 8.23.